The predicted octanol–water partition coefficient (Wildman–Crippen LogP) is 4.13. The van der Waals surface area contributed by atoms with Gasteiger partial charge in [0.05, 0.1) is 11.3 Å². The first-order valence-corrected chi connectivity index (χ1v) is 6.99. The monoisotopic (exact) mass is 325 g/mol. The van der Waals surface area contributed by atoms with Crippen molar-refractivity contribution in [2.45, 2.75) is 13.5 Å². The Morgan fingerprint density at radius 3 is 2.78 bits per heavy atom. The molecule has 2 rings (SSSR count). The third-order valence-corrected chi connectivity index (χ3v) is 3.96. The van der Waals surface area contributed by atoms with Gasteiger partial charge < -0.3 is 10.4 Å². The molecule has 94 valence electrons. The van der Waals surface area contributed by atoms with Crippen molar-refractivity contribution in [3.05, 3.63) is 50.1 Å². The van der Waals surface area contributed by atoms with Crippen LogP contribution in [0.1, 0.15) is 20.1 Å². The van der Waals surface area contributed by atoms with Gasteiger partial charge in [-0.3, -0.25) is 0 Å². The fraction of sp³-hybridized carbons (Fsp3) is 0.154. The Labute approximate surface area is 118 Å². The highest BCUT2D eigenvalue weighted by molar-refractivity contribution is 9.10. The molecule has 0 amide bonds. The van der Waals surface area contributed by atoms with E-state index in [2.05, 4.69) is 34.2 Å². The summed E-state index contributed by atoms with van der Waals surface area (Å²) in [6.07, 6.45) is 0. The number of hydrogen-bond donors (Lipinski definition) is 2. The van der Waals surface area contributed by atoms with Crippen molar-refractivity contribution in [3.8, 4) is 0 Å². The van der Waals surface area contributed by atoms with Crippen LogP contribution in [0.2, 0.25) is 0 Å². The zero-order valence-corrected chi connectivity index (χ0v) is 12.1. The van der Waals surface area contributed by atoms with E-state index in [1.807, 2.05) is 6.07 Å². The second kappa shape index (κ2) is 5.54. The number of aryl methyl sites for hydroxylation is 1. The molecule has 0 radical (unpaired) electrons. The molecule has 2 aromatic rings. The summed E-state index contributed by atoms with van der Waals surface area (Å²) >= 11 is 5.05. The first kappa shape index (κ1) is 13.1. The van der Waals surface area contributed by atoms with Crippen molar-refractivity contribution in [2.24, 2.45) is 0 Å². The Bertz CT molecular complexity index is 580. The van der Waals surface area contributed by atoms with Crippen molar-refractivity contribution < 1.29 is 9.90 Å². The quantitative estimate of drug-likeness (QED) is 0.888. The highest BCUT2D eigenvalue weighted by atomic mass is 79.9. The Kier molecular flexibility index (Phi) is 4.04. The number of rotatable bonds is 4. The average molecular weight is 326 g/mol. The van der Waals surface area contributed by atoms with E-state index in [1.54, 1.807) is 29.5 Å². The number of thiophene rings is 1. The molecule has 1 aromatic carbocycles. The van der Waals surface area contributed by atoms with Gasteiger partial charge in [-0.25, -0.2) is 4.79 Å². The van der Waals surface area contributed by atoms with Crippen LogP contribution < -0.4 is 5.32 Å². The second-order valence-electron chi connectivity index (χ2n) is 3.86. The molecule has 18 heavy (non-hydrogen) atoms. The summed E-state index contributed by atoms with van der Waals surface area (Å²) in [7, 11) is 0. The maximum atomic E-state index is 11.1. The van der Waals surface area contributed by atoms with Gasteiger partial charge in [0.15, 0.2) is 0 Å². The molecule has 0 saturated carbocycles. The maximum absolute atomic E-state index is 11.1. The topological polar surface area (TPSA) is 49.3 Å². The van der Waals surface area contributed by atoms with E-state index in [4.69, 9.17) is 5.11 Å². The molecule has 5 heteroatoms. The lowest BCUT2D eigenvalue weighted by molar-refractivity contribution is 0.0698. The number of aromatic carboxylic acids is 1. The number of carboxylic acids is 1. The molecule has 0 aliphatic heterocycles. The molecule has 1 heterocycles. The molecule has 1 aromatic heterocycles. The number of hydrogen-bond acceptors (Lipinski definition) is 3. The third kappa shape index (κ3) is 3.11. The van der Waals surface area contributed by atoms with Gasteiger partial charge in [0, 0.05) is 20.8 Å². The van der Waals surface area contributed by atoms with E-state index in [-0.39, 0.29) is 5.56 Å². The van der Waals surface area contributed by atoms with Gasteiger partial charge in [-0.05, 0) is 37.3 Å². The molecule has 3 nitrogen and oxygen atoms in total. The van der Waals surface area contributed by atoms with E-state index >= 15 is 0 Å². The van der Waals surface area contributed by atoms with E-state index in [9.17, 15) is 4.79 Å². The summed E-state index contributed by atoms with van der Waals surface area (Å²) in [5, 5.41) is 12.3. The summed E-state index contributed by atoms with van der Waals surface area (Å²) in [6, 6.07) is 9.20. The van der Waals surface area contributed by atoms with Gasteiger partial charge in [-0.1, -0.05) is 15.9 Å². The van der Waals surface area contributed by atoms with Crippen LogP contribution in [0.4, 0.5) is 5.69 Å². The smallest absolute Gasteiger partial charge is 0.337 e. The molecule has 0 aliphatic rings. The maximum Gasteiger partial charge on any atom is 0.337 e. The van der Waals surface area contributed by atoms with Crippen molar-refractivity contribution in [1.29, 1.82) is 0 Å². The summed E-state index contributed by atoms with van der Waals surface area (Å²) in [4.78, 5) is 13.5. The van der Waals surface area contributed by atoms with Crippen LogP contribution >= 0.6 is 27.3 Å². The number of carbonyl (C=O) groups is 1. The molecular weight excluding hydrogens is 314 g/mol. The lowest BCUT2D eigenvalue weighted by atomic mass is 10.2. The van der Waals surface area contributed by atoms with Crippen molar-refractivity contribution in [2.75, 3.05) is 5.32 Å². The zero-order valence-electron chi connectivity index (χ0n) is 9.74. The molecule has 0 aliphatic carbocycles. The van der Waals surface area contributed by atoms with E-state index < -0.39 is 5.97 Å². The van der Waals surface area contributed by atoms with Crippen molar-refractivity contribution >= 4 is 38.9 Å². The van der Waals surface area contributed by atoms with E-state index in [1.165, 1.54) is 9.75 Å². The summed E-state index contributed by atoms with van der Waals surface area (Å²) in [5.41, 5.74) is 0.911. The lowest BCUT2D eigenvalue weighted by Gasteiger charge is -2.09. The minimum Gasteiger partial charge on any atom is -0.478 e. The number of anilines is 1. The van der Waals surface area contributed by atoms with Crippen LogP contribution in [-0.4, -0.2) is 11.1 Å². The highest BCUT2D eigenvalue weighted by Gasteiger charge is 2.10. The molecule has 0 spiro atoms. The van der Waals surface area contributed by atoms with Crippen molar-refractivity contribution in [1.82, 2.24) is 0 Å². The first-order valence-electron chi connectivity index (χ1n) is 5.38. The Morgan fingerprint density at radius 2 is 2.17 bits per heavy atom. The van der Waals surface area contributed by atoms with Crippen LogP contribution in [0.25, 0.3) is 0 Å². The lowest BCUT2D eigenvalue weighted by Crippen LogP contribution is -2.05. The molecular formula is C13H12BrNO2S. The zero-order chi connectivity index (χ0) is 13.1. The predicted molar refractivity (Wildman–Crippen MR) is 77.5 cm³/mol. The largest absolute Gasteiger partial charge is 0.478 e. The van der Waals surface area contributed by atoms with Gasteiger partial charge in [0.1, 0.15) is 0 Å². The molecule has 0 saturated heterocycles. The van der Waals surface area contributed by atoms with E-state index in [0.717, 1.165) is 4.47 Å². The van der Waals surface area contributed by atoms with E-state index in [0.29, 0.717) is 12.2 Å². The molecule has 0 bridgehead atoms. The third-order valence-electron chi connectivity index (χ3n) is 2.46. The fourth-order valence-corrected chi connectivity index (χ4v) is 2.80. The second-order valence-corrected chi connectivity index (χ2v) is 6.15. The average Bonchev–Trinajstić information content (AvgIpc) is 2.72. The number of halogens is 1. The van der Waals surface area contributed by atoms with Crippen LogP contribution in [0.5, 0.6) is 0 Å². The molecule has 2 N–H and O–H groups in total. The van der Waals surface area contributed by atoms with Gasteiger partial charge in [-0.2, -0.15) is 0 Å². The summed E-state index contributed by atoms with van der Waals surface area (Å²) in [5.74, 6) is -0.924. The SMILES string of the molecule is Cc1ccc(CNc2cc(Br)ccc2C(=O)O)s1. The van der Waals surface area contributed by atoms with Crippen molar-refractivity contribution in [3.63, 3.8) is 0 Å². The van der Waals surface area contributed by atoms with Crippen LogP contribution in [0.3, 0.4) is 0 Å². The molecule has 0 unspecified atom stereocenters. The highest BCUT2D eigenvalue weighted by Crippen LogP contribution is 2.23. The Morgan fingerprint density at radius 1 is 1.39 bits per heavy atom. The number of benzene rings is 1. The van der Waals surface area contributed by atoms with Gasteiger partial charge >= 0.3 is 5.97 Å². The van der Waals surface area contributed by atoms with Crippen LogP contribution in [0.15, 0.2) is 34.8 Å². The summed E-state index contributed by atoms with van der Waals surface area (Å²) in [6.45, 7) is 2.69. The number of carboxylic acid groups (broad SMARTS) is 1. The van der Waals surface area contributed by atoms with Crippen LogP contribution in [-0.2, 0) is 6.54 Å². The number of nitrogens with one attached hydrogen (secondary N) is 1. The first-order chi connectivity index (χ1) is 8.56. The normalized spacial score (nSPS) is 10.3. The minimum atomic E-state index is -0.924. The van der Waals surface area contributed by atoms with Gasteiger partial charge in [-0.15, -0.1) is 11.3 Å². The van der Waals surface area contributed by atoms with Crippen LogP contribution in [0, 0.1) is 6.92 Å². The fourth-order valence-electron chi connectivity index (χ4n) is 1.61. The van der Waals surface area contributed by atoms with Gasteiger partial charge in [0.25, 0.3) is 0 Å². The molecule has 0 atom stereocenters. The minimum absolute atomic E-state index is 0.284. The summed E-state index contributed by atoms with van der Waals surface area (Å²) < 4.78 is 0.859. The standard InChI is InChI=1S/C13H12BrNO2S/c1-8-2-4-10(18-8)7-15-12-6-9(14)3-5-11(12)13(16)17/h2-6,15H,7H2,1H3,(H,16,17). The molecule has 0 fully saturated rings. The van der Waals surface area contributed by atoms with Gasteiger partial charge in [0.2, 0.25) is 0 Å². The Balaban J connectivity index is 2.17. The Hall–Kier alpha value is -1.33.